The first-order chi connectivity index (χ1) is 18.7. The number of carbonyl (C=O) groups is 3. The highest BCUT2D eigenvalue weighted by Gasteiger charge is 2.76. The van der Waals surface area contributed by atoms with Gasteiger partial charge in [-0.2, -0.15) is 13.2 Å². The second-order valence-electron chi connectivity index (χ2n) is 10.6. The van der Waals surface area contributed by atoms with E-state index in [-0.39, 0.29) is 13.1 Å². The summed E-state index contributed by atoms with van der Waals surface area (Å²) in [6.45, 7) is -1.06. The number of nitrogens with one attached hydrogen (secondary N) is 6. The van der Waals surface area contributed by atoms with Crippen LogP contribution in [-0.4, -0.2) is 105 Å². The Hall–Kier alpha value is -4.12. The first kappa shape index (κ1) is 26.1. The Bertz CT molecular complexity index is 1320. The average Bonchev–Trinajstić information content (AvgIpc) is 3.52. The van der Waals surface area contributed by atoms with E-state index in [1.165, 1.54) is 4.90 Å². The van der Waals surface area contributed by atoms with Gasteiger partial charge in [0.05, 0.1) is 18.6 Å². The normalized spacial score (nSPS) is 31.8. The summed E-state index contributed by atoms with van der Waals surface area (Å²) >= 11 is 0. The molecular formula is C23H26F3N9O5. The highest BCUT2D eigenvalue weighted by Crippen LogP contribution is 2.58. The summed E-state index contributed by atoms with van der Waals surface area (Å²) < 4.78 is 40.6. The number of guanidine groups is 2. The van der Waals surface area contributed by atoms with E-state index in [2.05, 4.69) is 21.3 Å². The minimum absolute atomic E-state index is 0.241. The third-order valence-corrected chi connectivity index (χ3v) is 8.43. The molecule has 4 heterocycles. The number of rotatable bonds is 5. The Balaban J connectivity index is 1.27. The maximum Gasteiger partial charge on any atom is 0.403 e. The van der Waals surface area contributed by atoms with Crippen molar-refractivity contribution in [2.45, 2.75) is 48.6 Å². The lowest BCUT2D eigenvalue weighted by Crippen LogP contribution is -2.81. The molecule has 8 N–H and O–H groups in total. The molecular weight excluding hydrogens is 539 g/mol. The molecule has 4 aliphatic heterocycles. The monoisotopic (exact) mass is 565 g/mol. The Kier molecular flexibility index (Phi) is 5.35. The van der Waals surface area contributed by atoms with E-state index in [0.717, 1.165) is 9.80 Å². The van der Waals surface area contributed by atoms with Crippen LogP contribution in [0.2, 0.25) is 0 Å². The summed E-state index contributed by atoms with van der Waals surface area (Å²) in [7, 11) is 0. The van der Waals surface area contributed by atoms with Gasteiger partial charge in [-0.05, 0) is 25.0 Å². The largest absolute Gasteiger partial charge is 0.403 e. The maximum absolute atomic E-state index is 13.5. The van der Waals surface area contributed by atoms with Crippen molar-refractivity contribution in [2.24, 2.45) is 5.41 Å². The van der Waals surface area contributed by atoms with Crippen molar-refractivity contribution in [1.29, 1.82) is 10.8 Å². The highest BCUT2D eigenvalue weighted by atomic mass is 19.4. The molecule has 4 atom stereocenters. The lowest BCUT2D eigenvalue weighted by molar-refractivity contribution is -0.235. The molecule has 40 heavy (non-hydrogen) atoms. The Labute approximate surface area is 224 Å². The third kappa shape index (κ3) is 3.39. The molecule has 5 aliphatic rings. The molecule has 0 radical (unpaired) electrons. The Morgan fingerprint density at radius 2 is 1.80 bits per heavy atom. The summed E-state index contributed by atoms with van der Waals surface area (Å²) in [5.74, 6) is -5.75. The number of halogens is 3. The minimum Gasteiger partial charge on any atom is -0.361 e. The van der Waals surface area contributed by atoms with Crippen molar-refractivity contribution in [3.8, 4) is 0 Å². The lowest BCUT2D eigenvalue weighted by Gasteiger charge is -2.51. The van der Waals surface area contributed by atoms with Crippen LogP contribution in [-0.2, 0) is 9.59 Å². The molecule has 4 saturated heterocycles. The molecule has 1 aliphatic carbocycles. The van der Waals surface area contributed by atoms with Gasteiger partial charge in [0, 0.05) is 12.2 Å². The molecule has 1 aromatic carbocycles. The standard InChI is InChI=1S/C23H26F3N9O5/c24-23(25,26)20(6-7-20)16(37)30-13-9-35-18(28)29-12(15-21(35,22(13,39)40)32-17(27)31-15)8-34-14(36)10-33(19(34)38)11-4-2-1-3-5-11/h1-5,12-13,15,39-40H,6-10H2,(H2,28,29)(H,30,37)(H3,27,31,32)/t12-,13-,15-,21-/m0/s1. The van der Waals surface area contributed by atoms with Gasteiger partial charge in [0.1, 0.15) is 18.0 Å². The maximum atomic E-state index is 13.5. The lowest BCUT2D eigenvalue weighted by atomic mass is 9.84. The quantitative estimate of drug-likeness (QED) is 0.153. The van der Waals surface area contributed by atoms with E-state index in [1.807, 2.05) is 0 Å². The molecule has 1 aromatic rings. The number of hydrogen-bond acceptors (Lipinski definition) is 7. The molecule has 0 bridgehead atoms. The van der Waals surface area contributed by atoms with Crippen LogP contribution in [0.1, 0.15) is 12.8 Å². The van der Waals surface area contributed by atoms with Gasteiger partial charge in [-0.3, -0.25) is 30.2 Å². The zero-order valence-corrected chi connectivity index (χ0v) is 20.7. The first-order valence-electron chi connectivity index (χ1n) is 12.5. The number of benzene rings is 1. The molecule has 1 spiro atoms. The van der Waals surface area contributed by atoms with Gasteiger partial charge in [-0.15, -0.1) is 0 Å². The van der Waals surface area contributed by atoms with Crippen LogP contribution < -0.4 is 26.2 Å². The average molecular weight is 566 g/mol. The molecule has 0 aromatic heterocycles. The van der Waals surface area contributed by atoms with Crippen molar-refractivity contribution in [3.63, 3.8) is 0 Å². The van der Waals surface area contributed by atoms with Crippen molar-refractivity contribution < 1.29 is 37.8 Å². The Morgan fingerprint density at radius 1 is 1.12 bits per heavy atom. The first-order valence-corrected chi connectivity index (χ1v) is 12.5. The number of urea groups is 1. The molecule has 5 fully saturated rings. The highest BCUT2D eigenvalue weighted by molar-refractivity contribution is 6.12. The summed E-state index contributed by atoms with van der Waals surface area (Å²) in [6.07, 6.45) is -5.69. The molecule has 4 amide bonds. The number of imide groups is 1. The van der Waals surface area contributed by atoms with Gasteiger partial charge in [-0.1, -0.05) is 18.2 Å². The van der Waals surface area contributed by atoms with E-state index < -0.39 is 90.3 Å². The summed E-state index contributed by atoms with van der Waals surface area (Å²) in [5.41, 5.74) is -4.23. The predicted molar refractivity (Wildman–Crippen MR) is 130 cm³/mol. The number of hydrogen-bond donors (Lipinski definition) is 8. The number of nitrogens with zero attached hydrogens (tertiary/aromatic N) is 3. The fourth-order valence-corrected chi connectivity index (χ4v) is 6.12. The van der Waals surface area contributed by atoms with Gasteiger partial charge in [0.25, 0.3) is 5.91 Å². The van der Waals surface area contributed by atoms with Crippen molar-refractivity contribution in [3.05, 3.63) is 30.3 Å². The second kappa shape index (κ2) is 8.20. The van der Waals surface area contributed by atoms with Crippen LogP contribution in [0.25, 0.3) is 0 Å². The minimum atomic E-state index is -4.83. The van der Waals surface area contributed by atoms with E-state index in [0.29, 0.717) is 5.69 Å². The van der Waals surface area contributed by atoms with Crippen LogP contribution in [0.5, 0.6) is 0 Å². The van der Waals surface area contributed by atoms with Crippen LogP contribution in [0, 0.1) is 16.2 Å². The fourth-order valence-electron chi connectivity index (χ4n) is 6.12. The number of carbonyl (C=O) groups excluding carboxylic acids is 3. The van der Waals surface area contributed by atoms with Crippen molar-refractivity contribution in [1.82, 2.24) is 31.1 Å². The van der Waals surface area contributed by atoms with E-state index in [9.17, 15) is 37.8 Å². The molecule has 0 unspecified atom stereocenters. The molecule has 1 saturated carbocycles. The topological polar surface area (TPSA) is 197 Å². The zero-order valence-electron chi connectivity index (χ0n) is 20.7. The SMILES string of the molecule is N=C1N[C@H]2[C@H](CN3C(=O)CN(c4ccccc4)C3=O)NC(=N)N3C[C@H](NC(=O)C4(C(F)(F)F)CC4)C(O)(O)[C@]23N1. The summed E-state index contributed by atoms with van der Waals surface area (Å²) in [4.78, 5) is 42.0. The van der Waals surface area contributed by atoms with Crippen LogP contribution in [0.4, 0.5) is 23.7 Å². The number of alkyl halides is 3. The smallest absolute Gasteiger partial charge is 0.361 e. The van der Waals surface area contributed by atoms with E-state index in [4.69, 9.17) is 10.8 Å². The van der Waals surface area contributed by atoms with Crippen molar-refractivity contribution in [2.75, 3.05) is 24.5 Å². The van der Waals surface area contributed by atoms with Crippen LogP contribution in [0.3, 0.4) is 0 Å². The third-order valence-electron chi connectivity index (χ3n) is 8.43. The zero-order chi connectivity index (χ0) is 28.8. The number of para-hydroxylation sites is 1. The van der Waals surface area contributed by atoms with Gasteiger partial charge in [-0.25, -0.2) is 4.79 Å². The number of amides is 4. The molecule has 17 heteroatoms. The second-order valence-corrected chi connectivity index (χ2v) is 10.6. The van der Waals surface area contributed by atoms with E-state index in [1.54, 1.807) is 30.3 Å². The fraction of sp³-hybridized carbons (Fsp3) is 0.522. The summed E-state index contributed by atoms with van der Waals surface area (Å²) in [6, 6.07) is 3.92. The van der Waals surface area contributed by atoms with Gasteiger partial charge in [0.2, 0.25) is 11.7 Å². The van der Waals surface area contributed by atoms with Crippen LogP contribution in [0.15, 0.2) is 30.3 Å². The van der Waals surface area contributed by atoms with Gasteiger partial charge >= 0.3 is 12.2 Å². The van der Waals surface area contributed by atoms with Crippen molar-refractivity contribution >= 4 is 35.5 Å². The van der Waals surface area contributed by atoms with Crippen LogP contribution >= 0.6 is 0 Å². The molecule has 214 valence electrons. The summed E-state index contributed by atoms with van der Waals surface area (Å²) in [5, 5.41) is 49.8. The molecule has 14 nitrogen and oxygen atoms in total. The Morgan fingerprint density at radius 3 is 2.42 bits per heavy atom. The predicted octanol–water partition coefficient (Wildman–Crippen LogP) is -1.62. The number of anilines is 1. The van der Waals surface area contributed by atoms with Gasteiger partial charge < -0.3 is 36.4 Å². The number of aliphatic hydroxyl groups is 2. The van der Waals surface area contributed by atoms with E-state index >= 15 is 0 Å². The van der Waals surface area contributed by atoms with Gasteiger partial charge in [0.15, 0.2) is 17.6 Å². The molecule has 6 rings (SSSR count).